The smallest absolute Gasteiger partial charge is 0.338 e. The third-order valence-electron chi connectivity index (χ3n) is 3.59. The largest absolute Gasteiger partial charge is 0.459 e. The van der Waals surface area contributed by atoms with Gasteiger partial charge in [-0.1, -0.05) is 0 Å². The molecular formula is C15H21NO3. The highest BCUT2D eigenvalue weighted by atomic mass is 16.5. The van der Waals surface area contributed by atoms with Crippen LogP contribution in [0, 0.1) is 0 Å². The fourth-order valence-electron chi connectivity index (χ4n) is 2.42. The van der Waals surface area contributed by atoms with Gasteiger partial charge in [0.2, 0.25) is 0 Å². The molecule has 0 radical (unpaired) electrons. The van der Waals surface area contributed by atoms with Crippen molar-refractivity contribution in [2.45, 2.75) is 37.9 Å². The maximum Gasteiger partial charge on any atom is 0.338 e. The van der Waals surface area contributed by atoms with Crippen molar-refractivity contribution in [2.24, 2.45) is 0 Å². The minimum atomic E-state index is -0.246. The second kappa shape index (κ2) is 6.57. The first-order valence-electron chi connectivity index (χ1n) is 6.74. The Balaban J connectivity index is 1.92. The molecule has 1 saturated carbocycles. The molecule has 4 nitrogen and oxygen atoms in total. The Kier molecular flexibility index (Phi) is 4.80. The van der Waals surface area contributed by atoms with Crippen LogP contribution in [0.2, 0.25) is 0 Å². The summed E-state index contributed by atoms with van der Waals surface area (Å²) < 4.78 is 10.9. The van der Waals surface area contributed by atoms with Gasteiger partial charge in [-0.2, -0.15) is 0 Å². The van der Waals surface area contributed by atoms with E-state index in [9.17, 15) is 4.79 Å². The second-order valence-electron chi connectivity index (χ2n) is 4.88. The van der Waals surface area contributed by atoms with Gasteiger partial charge in [-0.05, 0) is 43.5 Å². The molecule has 0 bridgehead atoms. The average Bonchev–Trinajstić information content (AvgIpc) is 2.47. The summed E-state index contributed by atoms with van der Waals surface area (Å²) in [5.41, 5.74) is 1.58. The molecule has 1 aromatic carbocycles. The zero-order valence-corrected chi connectivity index (χ0v) is 11.5. The van der Waals surface area contributed by atoms with Gasteiger partial charge in [-0.3, -0.25) is 0 Å². The van der Waals surface area contributed by atoms with E-state index in [2.05, 4.69) is 5.32 Å². The normalized spacial score (nSPS) is 22.8. The first kappa shape index (κ1) is 13.9. The molecule has 0 aromatic heterocycles. The van der Waals surface area contributed by atoms with Crippen molar-refractivity contribution in [2.75, 3.05) is 19.5 Å². The topological polar surface area (TPSA) is 47.6 Å². The Labute approximate surface area is 114 Å². The molecule has 2 rings (SSSR count). The molecule has 0 spiro atoms. The zero-order chi connectivity index (χ0) is 13.7. The van der Waals surface area contributed by atoms with Crippen LogP contribution in [0.25, 0.3) is 0 Å². The minimum absolute atomic E-state index is 0.0184. The highest BCUT2D eigenvalue weighted by molar-refractivity contribution is 5.89. The zero-order valence-electron chi connectivity index (χ0n) is 11.5. The van der Waals surface area contributed by atoms with Crippen LogP contribution in [0.1, 0.15) is 36.0 Å². The summed E-state index contributed by atoms with van der Waals surface area (Å²) >= 11 is 0. The van der Waals surface area contributed by atoms with Crippen molar-refractivity contribution < 1.29 is 14.3 Å². The van der Waals surface area contributed by atoms with Crippen LogP contribution in [0.15, 0.2) is 24.3 Å². The summed E-state index contributed by atoms with van der Waals surface area (Å²) in [7, 11) is 3.56. The third-order valence-corrected chi connectivity index (χ3v) is 3.59. The van der Waals surface area contributed by atoms with E-state index in [0.717, 1.165) is 31.4 Å². The monoisotopic (exact) mass is 263 g/mol. The number of anilines is 1. The predicted octanol–water partition coefficient (Wildman–Crippen LogP) is 2.84. The number of benzene rings is 1. The van der Waals surface area contributed by atoms with Crippen LogP contribution >= 0.6 is 0 Å². The second-order valence-corrected chi connectivity index (χ2v) is 4.88. The fourth-order valence-corrected chi connectivity index (χ4v) is 2.42. The number of ether oxygens (including phenoxy) is 2. The quantitative estimate of drug-likeness (QED) is 0.849. The minimum Gasteiger partial charge on any atom is -0.459 e. The van der Waals surface area contributed by atoms with Gasteiger partial charge in [-0.25, -0.2) is 4.79 Å². The molecular weight excluding hydrogens is 242 g/mol. The molecule has 0 heterocycles. The van der Waals surface area contributed by atoms with E-state index < -0.39 is 0 Å². The number of carbonyl (C=O) groups is 1. The van der Waals surface area contributed by atoms with Crippen molar-refractivity contribution in [1.82, 2.24) is 0 Å². The molecule has 1 N–H and O–H groups in total. The lowest BCUT2D eigenvalue weighted by atomic mass is 9.95. The number of rotatable bonds is 4. The van der Waals surface area contributed by atoms with E-state index in [-0.39, 0.29) is 18.2 Å². The van der Waals surface area contributed by atoms with Crippen molar-refractivity contribution in [3.8, 4) is 0 Å². The van der Waals surface area contributed by atoms with Crippen LogP contribution in [-0.4, -0.2) is 32.3 Å². The average molecular weight is 263 g/mol. The standard InChI is InChI=1S/C15H21NO3/c1-16-12-8-6-11(7-9-12)15(17)19-14-5-3-4-13(10-14)18-2/h6-9,13-14,16H,3-5,10H2,1-2H3. The number of nitrogens with one attached hydrogen (secondary N) is 1. The summed E-state index contributed by atoms with van der Waals surface area (Å²) in [6.07, 6.45) is 4.04. The first-order chi connectivity index (χ1) is 9.22. The molecule has 1 aromatic rings. The summed E-state index contributed by atoms with van der Waals surface area (Å²) in [5, 5.41) is 3.02. The maximum atomic E-state index is 12.0. The van der Waals surface area contributed by atoms with Gasteiger partial charge in [0.25, 0.3) is 0 Å². The lowest BCUT2D eigenvalue weighted by molar-refractivity contribution is -0.0149. The Bertz CT molecular complexity index is 416. The molecule has 1 aliphatic carbocycles. The summed E-state index contributed by atoms with van der Waals surface area (Å²) in [4.78, 5) is 12.0. The van der Waals surface area contributed by atoms with Crippen LogP contribution in [0.3, 0.4) is 0 Å². The molecule has 1 aliphatic rings. The van der Waals surface area contributed by atoms with Crippen LogP contribution in [0.4, 0.5) is 5.69 Å². The predicted molar refractivity (Wildman–Crippen MR) is 74.5 cm³/mol. The van der Waals surface area contributed by atoms with Crippen LogP contribution in [0.5, 0.6) is 0 Å². The third kappa shape index (κ3) is 3.70. The van der Waals surface area contributed by atoms with E-state index in [1.807, 2.05) is 19.2 Å². The lowest BCUT2D eigenvalue weighted by Crippen LogP contribution is -2.29. The highest BCUT2D eigenvalue weighted by Gasteiger charge is 2.25. The molecule has 0 aliphatic heterocycles. The van der Waals surface area contributed by atoms with Gasteiger partial charge in [0, 0.05) is 26.3 Å². The number of methoxy groups -OCH3 is 1. The van der Waals surface area contributed by atoms with Gasteiger partial charge in [0.05, 0.1) is 11.7 Å². The SMILES string of the molecule is CNc1ccc(C(=O)OC2CCCC(OC)C2)cc1. The summed E-state index contributed by atoms with van der Waals surface area (Å²) in [5.74, 6) is -0.246. The molecule has 1 fully saturated rings. The Morgan fingerprint density at radius 2 is 1.89 bits per heavy atom. The molecule has 19 heavy (non-hydrogen) atoms. The van der Waals surface area contributed by atoms with Gasteiger partial charge < -0.3 is 14.8 Å². The Morgan fingerprint density at radius 3 is 2.53 bits per heavy atom. The number of esters is 1. The fraction of sp³-hybridized carbons (Fsp3) is 0.533. The molecule has 0 amide bonds. The Morgan fingerprint density at radius 1 is 1.21 bits per heavy atom. The number of carbonyl (C=O) groups excluding carboxylic acids is 1. The summed E-state index contributed by atoms with van der Waals surface area (Å²) in [6, 6.07) is 7.31. The van der Waals surface area contributed by atoms with Gasteiger partial charge in [-0.15, -0.1) is 0 Å². The van der Waals surface area contributed by atoms with Crippen molar-refractivity contribution in [3.63, 3.8) is 0 Å². The molecule has 2 atom stereocenters. The Hall–Kier alpha value is -1.55. The van der Waals surface area contributed by atoms with Crippen LogP contribution < -0.4 is 5.32 Å². The maximum absolute atomic E-state index is 12.0. The molecule has 104 valence electrons. The van der Waals surface area contributed by atoms with Crippen molar-refractivity contribution in [3.05, 3.63) is 29.8 Å². The number of hydrogen-bond acceptors (Lipinski definition) is 4. The van der Waals surface area contributed by atoms with E-state index >= 15 is 0 Å². The van der Waals surface area contributed by atoms with Crippen molar-refractivity contribution in [1.29, 1.82) is 0 Å². The van der Waals surface area contributed by atoms with Crippen LogP contribution in [-0.2, 0) is 9.47 Å². The van der Waals surface area contributed by atoms with Crippen molar-refractivity contribution >= 4 is 11.7 Å². The first-order valence-corrected chi connectivity index (χ1v) is 6.74. The molecule has 2 unspecified atom stereocenters. The van der Waals surface area contributed by atoms with E-state index in [4.69, 9.17) is 9.47 Å². The van der Waals surface area contributed by atoms with Gasteiger partial charge >= 0.3 is 5.97 Å². The molecule has 4 heteroatoms. The van der Waals surface area contributed by atoms with E-state index in [1.54, 1.807) is 19.2 Å². The number of hydrogen-bond donors (Lipinski definition) is 1. The van der Waals surface area contributed by atoms with E-state index in [1.165, 1.54) is 0 Å². The lowest BCUT2D eigenvalue weighted by Gasteiger charge is -2.27. The highest BCUT2D eigenvalue weighted by Crippen LogP contribution is 2.24. The van der Waals surface area contributed by atoms with E-state index in [0.29, 0.717) is 5.56 Å². The summed E-state index contributed by atoms with van der Waals surface area (Å²) in [6.45, 7) is 0. The van der Waals surface area contributed by atoms with Gasteiger partial charge in [0.1, 0.15) is 6.10 Å². The van der Waals surface area contributed by atoms with Gasteiger partial charge in [0.15, 0.2) is 0 Å². The molecule has 0 saturated heterocycles.